The van der Waals surface area contributed by atoms with E-state index in [0.29, 0.717) is 11.3 Å². The van der Waals surface area contributed by atoms with E-state index in [0.717, 1.165) is 12.5 Å². The number of halogens is 1. The van der Waals surface area contributed by atoms with Crippen LogP contribution in [0.25, 0.3) is 0 Å². The first-order valence-electron chi connectivity index (χ1n) is 5.76. The zero-order valence-corrected chi connectivity index (χ0v) is 13.6. The highest BCUT2D eigenvalue weighted by Crippen LogP contribution is 2.17. The van der Waals surface area contributed by atoms with Gasteiger partial charge in [0.25, 0.3) is 0 Å². The van der Waals surface area contributed by atoms with Gasteiger partial charge in [-0.3, -0.25) is 4.99 Å². The fourth-order valence-electron chi connectivity index (χ4n) is 1.78. The third-order valence-electron chi connectivity index (χ3n) is 2.88. The monoisotopic (exact) mass is 357 g/mol. The van der Waals surface area contributed by atoms with Crippen molar-refractivity contribution in [3.05, 3.63) is 0 Å². The lowest BCUT2D eigenvalue weighted by molar-refractivity contribution is 0.613. The highest BCUT2D eigenvalue weighted by Gasteiger charge is 2.15. The molecule has 1 saturated carbocycles. The Bertz CT molecular complexity index is 205. The smallest absolute Gasteiger partial charge is 0.191 e. The summed E-state index contributed by atoms with van der Waals surface area (Å²) in [5.41, 5.74) is 0. The third kappa shape index (κ3) is 6.18. The maximum absolute atomic E-state index is 4.24. The van der Waals surface area contributed by atoms with Crippen molar-refractivity contribution in [2.75, 3.05) is 19.8 Å². The van der Waals surface area contributed by atoms with Crippen LogP contribution in [0.4, 0.5) is 0 Å². The van der Waals surface area contributed by atoms with Crippen LogP contribution in [0, 0.1) is 0 Å². The molecule has 2 N–H and O–H groups in total. The zero-order valence-electron chi connectivity index (χ0n) is 10.5. The summed E-state index contributed by atoms with van der Waals surface area (Å²) < 4.78 is 0. The predicted molar refractivity (Wildman–Crippen MR) is 85.1 cm³/mol. The average molecular weight is 357 g/mol. The Morgan fingerprint density at radius 2 is 2.06 bits per heavy atom. The summed E-state index contributed by atoms with van der Waals surface area (Å²) in [6.07, 6.45) is 7.43. The predicted octanol–water partition coefficient (Wildman–Crippen LogP) is 2.46. The van der Waals surface area contributed by atoms with Gasteiger partial charge in [0.1, 0.15) is 0 Å². The fraction of sp³-hybridized carbons (Fsp3) is 0.909. The first kappa shape index (κ1) is 16.4. The lowest BCUT2D eigenvalue weighted by Crippen LogP contribution is -2.44. The summed E-state index contributed by atoms with van der Waals surface area (Å²) >= 11 is 1.87. The van der Waals surface area contributed by atoms with Crippen LogP contribution in [-0.4, -0.2) is 37.1 Å². The minimum atomic E-state index is 0. The molecule has 16 heavy (non-hydrogen) atoms. The fourth-order valence-corrected chi connectivity index (χ4v) is 2.03. The molecule has 1 aliphatic rings. The van der Waals surface area contributed by atoms with E-state index in [2.05, 4.69) is 28.8 Å². The highest BCUT2D eigenvalue weighted by atomic mass is 127. The van der Waals surface area contributed by atoms with Crippen molar-refractivity contribution >= 4 is 41.7 Å². The van der Waals surface area contributed by atoms with Gasteiger partial charge in [-0.15, -0.1) is 24.0 Å². The molecule has 1 atom stereocenters. The molecule has 96 valence electrons. The van der Waals surface area contributed by atoms with Crippen LogP contribution in [0.15, 0.2) is 4.99 Å². The normalized spacial score (nSPS) is 19.1. The molecular weight excluding hydrogens is 333 g/mol. The Kier molecular flexibility index (Phi) is 9.59. The van der Waals surface area contributed by atoms with E-state index in [1.54, 1.807) is 0 Å². The minimum absolute atomic E-state index is 0. The molecule has 0 aliphatic heterocycles. The molecule has 1 fully saturated rings. The number of thioether (sulfide) groups is 1. The Morgan fingerprint density at radius 3 is 2.56 bits per heavy atom. The molecule has 0 aromatic carbocycles. The maximum Gasteiger partial charge on any atom is 0.191 e. The van der Waals surface area contributed by atoms with Crippen molar-refractivity contribution < 1.29 is 0 Å². The molecule has 5 heteroatoms. The van der Waals surface area contributed by atoms with Crippen LogP contribution >= 0.6 is 35.7 Å². The van der Waals surface area contributed by atoms with Gasteiger partial charge in [-0.25, -0.2) is 0 Å². The van der Waals surface area contributed by atoms with Crippen LogP contribution in [0.2, 0.25) is 0 Å². The van der Waals surface area contributed by atoms with E-state index in [9.17, 15) is 0 Å². The summed E-state index contributed by atoms with van der Waals surface area (Å²) in [7, 11) is 1.84. The Labute approximate surface area is 121 Å². The number of nitrogens with zero attached hydrogens (tertiary/aromatic N) is 1. The number of hydrogen-bond acceptors (Lipinski definition) is 2. The topological polar surface area (TPSA) is 36.4 Å². The minimum Gasteiger partial charge on any atom is -0.355 e. The summed E-state index contributed by atoms with van der Waals surface area (Å²) in [6.45, 7) is 3.20. The molecule has 1 unspecified atom stereocenters. The number of hydrogen-bond donors (Lipinski definition) is 2. The summed E-state index contributed by atoms with van der Waals surface area (Å²) in [6, 6.07) is 0.640. The van der Waals surface area contributed by atoms with E-state index in [1.165, 1.54) is 25.7 Å². The molecule has 0 aromatic rings. The first-order valence-corrected chi connectivity index (χ1v) is 7.05. The van der Waals surface area contributed by atoms with Gasteiger partial charge in [0.2, 0.25) is 0 Å². The SMILES string of the molecule is CN=C(NCC(C)SC)NC1CCCC1.I. The van der Waals surface area contributed by atoms with Gasteiger partial charge in [-0.2, -0.15) is 11.8 Å². The van der Waals surface area contributed by atoms with Crippen molar-refractivity contribution in [1.29, 1.82) is 0 Å². The van der Waals surface area contributed by atoms with Gasteiger partial charge in [0.05, 0.1) is 0 Å². The summed E-state index contributed by atoms with van der Waals surface area (Å²) in [5, 5.41) is 7.47. The molecule has 3 nitrogen and oxygen atoms in total. The van der Waals surface area contributed by atoms with E-state index < -0.39 is 0 Å². The maximum atomic E-state index is 4.24. The molecule has 1 rings (SSSR count). The van der Waals surface area contributed by atoms with Gasteiger partial charge >= 0.3 is 0 Å². The van der Waals surface area contributed by atoms with Gasteiger partial charge in [-0.1, -0.05) is 19.8 Å². The summed E-state index contributed by atoms with van der Waals surface area (Å²) in [5.74, 6) is 0.961. The molecule has 0 bridgehead atoms. The van der Waals surface area contributed by atoms with Crippen LogP contribution in [0.1, 0.15) is 32.6 Å². The second kappa shape index (κ2) is 9.39. The van der Waals surface area contributed by atoms with Crippen LogP contribution in [-0.2, 0) is 0 Å². The molecule has 0 saturated heterocycles. The largest absolute Gasteiger partial charge is 0.355 e. The van der Waals surface area contributed by atoms with Crippen LogP contribution < -0.4 is 10.6 Å². The number of aliphatic imine (C=N–C) groups is 1. The lowest BCUT2D eigenvalue weighted by atomic mass is 10.2. The van der Waals surface area contributed by atoms with Crippen LogP contribution in [0.3, 0.4) is 0 Å². The standard InChI is InChI=1S/C11H23N3S.HI/c1-9(15-3)8-13-11(12-2)14-10-6-4-5-7-10;/h9-10H,4-8H2,1-3H3,(H2,12,13,14);1H. The van der Waals surface area contributed by atoms with E-state index in [4.69, 9.17) is 0 Å². The van der Waals surface area contributed by atoms with Crippen molar-refractivity contribution in [1.82, 2.24) is 10.6 Å². The zero-order chi connectivity index (χ0) is 11.1. The van der Waals surface area contributed by atoms with Gasteiger partial charge in [0.15, 0.2) is 5.96 Å². The third-order valence-corrected chi connectivity index (χ3v) is 3.85. The summed E-state index contributed by atoms with van der Waals surface area (Å²) in [4.78, 5) is 4.24. The molecular formula is C11H24IN3S. The number of rotatable bonds is 4. The molecule has 1 aliphatic carbocycles. The Balaban J connectivity index is 0.00000225. The van der Waals surface area contributed by atoms with Crippen molar-refractivity contribution in [3.63, 3.8) is 0 Å². The highest BCUT2D eigenvalue weighted by molar-refractivity contribution is 14.0. The average Bonchev–Trinajstić information content (AvgIpc) is 2.76. The second-order valence-corrected chi connectivity index (χ2v) is 5.40. The molecule has 0 heterocycles. The van der Waals surface area contributed by atoms with Crippen molar-refractivity contribution in [2.45, 2.75) is 43.9 Å². The second-order valence-electron chi connectivity index (χ2n) is 4.13. The van der Waals surface area contributed by atoms with Crippen molar-refractivity contribution in [2.24, 2.45) is 4.99 Å². The van der Waals surface area contributed by atoms with Gasteiger partial charge in [0, 0.05) is 24.9 Å². The van der Waals surface area contributed by atoms with Crippen molar-refractivity contribution in [3.8, 4) is 0 Å². The number of nitrogens with one attached hydrogen (secondary N) is 2. The molecule has 0 radical (unpaired) electrons. The molecule has 0 aromatic heterocycles. The Morgan fingerprint density at radius 1 is 1.44 bits per heavy atom. The van der Waals surface area contributed by atoms with Gasteiger partial charge < -0.3 is 10.6 Å². The van der Waals surface area contributed by atoms with E-state index in [1.807, 2.05) is 18.8 Å². The van der Waals surface area contributed by atoms with Gasteiger partial charge in [-0.05, 0) is 19.1 Å². The van der Waals surface area contributed by atoms with Crippen LogP contribution in [0.5, 0.6) is 0 Å². The lowest BCUT2D eigenvalue weighted by Gasteiger charge is -2.18. The first-order chi connectivity index (χ1) is 7.26. The molecule has 0 spiro atoms. The van der Waals surface area contributed by atoms with E-state index in [-0.39, 0.29) is 24.0 Å². The number of guanidine groups is 1. The Hall–Kier alpha value is 0.350. The quantitative estimate of drug-likeness (QED) is 0.461. The van der Waals surface area contributed by atoms with E-state index >= 15 is 0 Å². The molecule has 0 amide bonds.